The number of hydrogen-bond acceptors (Lipinski definition) is 1. The molecule has 3 nitrogen and oxygen atoms in total. The zero-order valence-electron chi connectivity index (χ0n) is 11.6. The lowest BCUT2D eigenvalue weighted by atomic mass is 9.86. The molecule has 1 aliphatic heterocycles. The van der Waals surface area contributed by atoms with E-state index in [-0.39, 0.29) is 6.03 Å². The monoisotopic (exact) mass is 252 g/mol. The minimum atomic E-state index is 0.165. The van der Waals surface area contributed by atoms with Gasteiger partial charge in [-0.1, -0.05) is 32.1 Å². The van der Waals surface area contributed by atoms with Crippen molar-refractivity contribution in [3.63, 3.8) is 0 Å². The van der Waals surface area contributed by atoms with E-state index in [1.807, 2.05) is 4.90 Å². The van der Waals surface area contributed by atoms with Crippen molar-refractivity contribution >= 4 is 6.03 Å². The van der Waals surface area contributed by atoms with Crippen LogP contribution in [0.15, 0.2) is 0 Å². The number of nitrogens with one attached hydrogen (secondary N) is 1. The third-order valence-corrected chi connectivity index (χ3v) is 4.43. The van der Waals surface area contributed by atoms with Gasteiger partial charge in [0.1, 0.15) is 0 Å². The minimum absolute atomic E-state index is 0.165. The molecular formula is C15H28N2O. The Hall–Kier alpha value is -0.730. The highest BCUT2D eigenvalue weighted by molar-refractivity contribution is 5.74. The molecule has 2 fully saturated rings. The van der Waals surface area contributed by atoms with Crippen molar-refractivity contribution in [3.05, 3.63) is 0 Å². The van der Waals surface area contributed by atoms with E-state index in [9.17, 15) is 4.79 Å². The van der Waals surface area contributed by atoms with Crippen LogP contribution in [0.1, 0.15) is 64.2 Å². The van der Waals surface area contributed by atoms with Crippen LogP contribution in [0.4, 0.5) is 4.79 Å². The van der Waals surface area contributed by atoms with Gasteiger partial charge < -0.3 is 10.2 Å². The molecule has 1 aliphatic carbocycles. The van der Waals surface area contributed by atoms with E-state index in [1.54, 1.807) is 0 Å². The van der Waals surface area contributed by atoms with Crippen molar-refractivity contribution in [2.24, 2.45) is 5.92 Å². The molecule has 1 saturated heterocycles. The van der Waals surface area contributed by atoms with Crippen LogP contribution >= 0.6 is 0 Å². The summed E-state index contributed by atoms with van der Waals surface area (Å²) in [5, 5.41) is 3.08. The molecule has 0 atom stereocenters. The fourth-order valence-corrected chi connectivity index (χ4v) is 3.27. The van der Waals surface area contributed by atoms with E-state index in [2.05, 4.69) is 5.32 Å². The Morgan fingerprint density at radius 3 is 2.39 bits per heavy atom. The Bertz CT molecular complexity index is 243. The van der Waals surface area contributed by atoms with Crippen LogP contribution in [-0.4, -0.2) is 30.6 Å². The first kappa shape index (κ1) is 13.7. The Morgan fingerprint density at radius 1 is 1.00 bits per heavy atom. The Kier molecular flexibility index (Phi) is 5.82. The topological polar surface area (TPSA) is 32.3 Å². The van der Waals surface area contributed by atoms with Gasteiger partial charge in [-0.2, -0.15) is 0 Å². The first-order chi connectivity index (χ1) is 8.86. The third kappa shape index (κ3) is 4.51. The number of nitrogens with zero attached hydrogens (tertiary/aromatic N) is 1. The molecule has 0 radical (unpaired) electrons. The summed E-state index contributed by atoms with van der Waals surface area (Å²) in [4.78, 5) is 13.8. The van der Waals surface area contributed by atoms with Crippen molar-refractivity contribution in [3.8, 4) is 0 Å². The standard InChI is InChI=1S/C15H28N2O/c18-15(17-12-5-2-6-13-17)16-11-7-10-14-8-3-1-4-9-14/h14H,1-13H2,(H,16,18). The molecule has 0 unspecified atom stereocenters. The second kappa shape index (κ2) is 7.65. The van der Waals surface area contributed by atoms with Gasteiger partial charge in [-0.3, -0.25) is 0 Å². The van der Waals surface area contributed by atoms with Gasteiger partial charge >= 0.3 is 6.03 Å². The Labute approximate surface area is 111 Å². The summed E-state index contributed by atoms with van der Waals surface area (Å²) in [7, 11) is 0. The maximum Gasteiger partial charge on any atom is 0.317 e. The molecule has 1 heterocycles. The van der Waals surface area contributed by atoms with Gasteiger partial charge in [0, 0.05) is 19.6 Å². The normalized spacial score (nSPS) is 21.9. The van der Waals surface area contributed by atoms with Crippen LogP contribution in [0.25, 0.3) is 0 Å². The molecule has 3 heteroatoms. The number of likely N-dealkylation sites (tertiary alicyclic amines) is 1. The number of hydrogen-bond donors (Lipinski definition) is 1. The van der Waals surface area contributed by atoms with Crippen molar-refractivity contribution < 1.29 is 4.79 Å². The minimum Gasteiger partial charge on any atom is -0.338 e. The predicted octanol–water partition coefficient (Wildman–Crippen LogP) is 3.54. The molecule has 2 aliphatic rings. The van der Waals surface area contributed by atoms with Crippen molar-refractivity contribution in [1.82, 2.24) is 10.2 Å². The molecule has 2 amide bonds. The van der Waals surface area contributed by atoms with Crippen LogP contribution in [0.3, 0.4) is 0 Å². The number of piperidine rings is 1. The average Bonchev–Trinajstić information content (AvgIpc) is 2.45. The molecular weight excluding hydrogens is 224 g/mol. The van der Waals surface area contributed by atoms with E-state index in [1.165, 1.54) is 57.8 Å². The fraction of sp³-hybridized carbons (Fsp3) is 0.933. The maximum atomic E-state index is 11.9. The summed E-state index contributed by atoms with van der Waals surface area (Å²) >= 11 is 0. The number of carbonyl (C=O) groups excluding carboxylic acids is 1. The van der Waals surface area contributed by atoms with Gasteiger partial charge in [0.25, 0.3) is 0 Å². The molecule has 1 N–H and O–H groups in total. The highest BCUT2D eigenvalue weighted by Crippen LogP contribution is 2.26. The first-order valence-electron chi connectivity index (χ1n) is 7.89. The first-order valence-corrected chi connectivity index (χ1v) is 7.89. The Balaban J connectivity index is 1.52. The summed E-state index contributed by atoms with van der Waals surface area (Å²) in [5.74, 6) is 0.936. The predicted molar refractivity (Wildman–Crippen MR) is 74.6 cm³/mol. The number of amides is 2. The largest absolute Gasteiger partial charge is 0.338 e. The lowest BCUT2D eigenvalue weighted by Crippen LogP contribution is -2.43. The quantitative estimate of drug-likeness (QED) is 0.763. The van der Waals surface area contributed by atoms with Crippen molar-refractivity contribution in [1.29, 1.82) is 0 Å². The molecule has 18 heavy (non-hydrogen) atoms. The SMILES string of the molecule is O=C(NCCCC1CCCCC1)N1CCCCC1. The smallest absolute Gasteiger partial charge is 0.317 e. The third-order valence-electron chi connectivity index (χ3n) is 4.43. The number of carbonyl (C=O) groups is 1. The van der Waals surface area contributed by atoms with Crippen LogP contribution in [-0.2, 0) is 0 Å². The molecule has 2 rings (SSSR count). The Morgan fingerprint density at radius 2 is 1.67 bits per heavy atom. The lowest BCUT2D eigenvalue weighted by molar-refractivity contribution is 0.186. The van der Waals surface area contributed by atoms with E-state index in [0.29, 0.717) is 0 Å². The van der Waals surface area contributed by atoms with E-state index in [0.717, 1.165) is 32.0 Å². The fourth-order valence-electron chi connectivity index (χ4n) is 3.27. The summed E-state index contributed by atoms with van der Waals surface area (Å²) in [6.45, 7) is 2.77. The number of rotatable bonds is 4. The van der Waals surface area contributed by atoms with Gasteiger partial charge in [-0.25, -0.2) is 4.79 Å². The second-order valence-electron chi connectivity index (χ2n) is 5.93. The maximum absolute atomic E-state index is 11.9. The zero-order chi connectivity index (χ0) is 12.6. The lowest BCUT2D eigenvalue weighted by Gasteiger charge is -2.27. The molecule has 0 aromatic heterocycles. The van der Waals surface area contributed by atoms with E-state index < -0.39 is 0 Å². The zero-order valence-corrected chi connectivity index (χ0v) is 11.6. The van der Waals surface area contributed by atoms with Crippen LogP contribution < -0.4 is 5.32 Å². The summed E-state index contributed by atoms with van der Waals surface area (Å²) in [6.07, 6.45) is 13.2. The number of urea groups is 1. The highest BCUT2D eigenvalue weighted by Gasteiger charge is 2.16. The van der Waals surface area contributed by atoms with Crippen LogP contribution in [0.2, 0.25) is 0 Å². The highest BCUT2D eigenvalue weighted by atomic mass is 16.2. The summed E-state index contributed by atoms with van der Waals surface area (Å²) < 4.78 is 0. The van der Waals surface area contributed by atoms with Gasteiger partial charge in [-0.05, 0) is 38.0 Å². The molecule has 104 valence electrons. The van der Waals surface area contributed by atoms with Crippen molar-refractivity contribution in [2.45, 2.75) is 64.2 Å². The van der Waals surface area contributed by atoms with Gasteiger partial charge in [0.05, 0.1) is 0 Å². The second-order valence-corrected chi connectivity index (χ2v) is 5.93. The molecule has 0 aromatic rings. The van der Waals surface area contributed by atoms with Gasteiger partial charge in [0.15, 0.2) is 0 Å². The van der Waals surface area contributed by atoms with Gasteiger partial charge in [-0.15, -0.1) is 0 Å². The average molecular weight is 252 g/mol. The van der Waals surface area contributed by atoms with E-state index in [4.69, 9.17) is 0 Å². The van der Waals surface area contributed by atoms with Crippen LogP contribution in [0.5, 0.6) is 0 Å². The molecule has 0 bridgehead atoms. The van der Waals surface area contributed by atoms with E-state index >= 15 is 0 Å². The summed E-state index contributed by atoms with van der Waals surface area (Å²) in [6, 6.07) is 0.165. The molecule has 0 aromatic carbocycles. The van der Waals surface area contributed by atoms with Crippen molar-refractivity contribution in [2.75, 3.05) is 19.6 Å². The molecule has 0 spiro atoms. The summed E-state index contributed by atoms with van der Waals surface area (Å²) in [5.41, 5.74) is 0. The van der Waals surface area contributed by atoms with Crippen LogP contribution in [0, 0.1) is 5.92 Å². The molecule has 1 saturated carbocycles. The van der Waals surface area contributed by atoms with Gasteiger partial charge in [0.2, 0.25) is 0 Å².